The van der Waals surface area contributed by atoms with E-state index in [0.29, 0.717) is 12.1 Å². The lowest BCUT2D eigenvalue weighted by Crippen LogP contribution is -2.35. The van der Waals surface area contributed by atoms with Crippen LogP contribution in [0.25, 0.3) is 0 Å². The maximum absolute atomic E-state index is 6.01. The highest BCUT2D eigenvalue weighted by molar-refractivity contribution is 5.02. The molecule has 2 saturated carbocycles. The zero-order chi connectivity index (χ0) is 11.0. The Labute approximate surface area is 96.6 Å². The third-order valence-corrected chi connectivity index (χ3v) is 3.85. The van der Waals surface area contributed by atoms with Crippen molar-refractivity contribution in [2.45, 2.75) is 56.8 Å². The number of nitrogens with zero attached hydrogens (tertiary/aromatic N) is 1. The van der Waals surface area contributed by atoms with Gasteiger partial charge in [-0.3, -0.25) is 4.90 Å². The van der Waals surface area contributed by atoms with Gasteiger partial charge < -0.3 is 10.2 Å². The van der Waals surface area contributed by atoms with Crippen LogP contribution in [-0.4, -0.2) is 23.0 Å². The standard InChI is InChI=1S/C13H20N2O/c14-10-3-4-12(8-10)15(11-5-6-11)9-13-2-1-7-16-13/h1-2,7,10-12H,3-6,8-9,14H2. The molecule has 0 amide bonds. The maximum Gasteiger partial charge on any atom is 0.117 e. The first-order valence-corrected chi connectivity index (χ1v) is 6.36. The van der Waals surface area contributed by atoms with Gasteiger partial charge in [-0.05, 0) is 44.2 Å². The van der Waals surface area contributed by atoms with Crippen molar-refractivity contribution < 1.29 is 4.42 Å². The predicted molar refractivity (Wildman–Crippen MR) is 62.9 cm³/mol. The maximum atomic E-state index is 6.01. The van der Waals surface area contributed by atoms with E-state index in [2.05, 4.69) is 11.0 Å². The topological polar surface area (TPSA) is 42.4 Å². The van der Waals surface area contributed by atoms with Crippen molar-refractivity contribution in [3.05, 3.63) is 24.2 Å². The van der Waals surface area contributed by atoms with Gasteiger partial charge in [0.2, 0.25) is 0 Å². The molecule has 3 nitrogen and oxygen atoms in total. The second-order valence-corrected chi connectivity index (χ2v) is 5.21. The molecule has 2 N–H and O–H groups in total. The zero-order valence-electron chi connectivity index (χ0n) is 9.64. The lowest BCUT2D eigenvalue weighted by Gasteiger charge is -2.28. The van der Waals surface area contributed by atoms with Crippen LogP contribution < -0.4 is 5.73 Å². The van der Waals surface area contributed by atoms with Crippen LogP contribution >= 0.6 is 0 Å². The Balaban J connectivity index is 1.67. The monoisotopic (exact) mass is 220 g/mol. The number of furan rings is 1. The summed E-state index contributed by atoms with van der Waals surface area (Å²) in [7, 11) is 0. The average Bonchev–Trinajstić information content (AvgIpc) is 2.81. The van der Waals surface area contributed by atoms with Crippen molar-refractivity contribution in [1.82, 2.24) is 4.90 Å². The molecule has 1 aromatic rings. The Hall–Kier alpha value is -0.800. The summed E-state index contributed by atoms with van der Waals surface area (Å²) in [4.78, 5) is 2.62. The predicted octanol–water partition coefficient (Wildman–Crippen LogP) is 2.12. The van der Waals surface area contributed by atoms with Crippen LogP contribution in [0.1, 0.15) is 37.9 Å². The molecular formula is C13H20N2O. The minimum Gasteiger partial charge on any atom is -0.468 e. The molecule has 3 rings (SSSR count). The van der Waals surface area contributed by atoms with E-state index in [9.17, 15) is 0 Å². The number of hydrogen-bond acceptors (Lipinski definition) is 3. The molecule has 2 fully saturated rings. The van der Waals surface area contributed by atoms with Crippen molar-refractivity contribution >= 4 is 0 Å². The molecule has 0 radical (unpaired) electrons. The highest BCUT2D eigenvalue weighted by atomic mass is 16.3. The Kier molecular flexibility index (Phi) is 2.74. The fraction of sp³-hybridized carbons (Fsp3) is 0.692. The van der Waals surface area contributed by atoms with Gasteiger partial charge in [-0.15, -0.1) is 0 Å². The van der Waals surface area contributed by atoms with Gasteiger partial charge in [-0.25, -0.2) is 0 Å². The van der Waals surface area contributed by atoms with E-state index in [1.165, 1.54) is 25.7 Å². The van der Waals surface area contributed by atoms with Gasteiger partial charge in [0.05, 0.1) is 12.8 Å². The van der Waals surface area contributed by atoms with Crippen molar-refractivity contribution in [2.24, 2.45) is 5.73 Å². The van der Waals surface area contributed by atoms with Crippen LogP contribution in [0.2, 0.25) is 0 Å². The van der Waals surface area contributed by atoms with Crippen LogP contribution in [0, 0.1) is 0 Å². The second kappa shape index (κ2) is 4.22. The first-order chi connectivity index (χ1) is 7.83. The summed E-state index contributed by atoms with van der Waals surface area (Å²) in [6.45, 7) is 0.967. The summed E-state index contributed by atoms with van der Waals surface area (Å²) in [5.74, 6) is 1.09. The summed E-state index contributed by atoms with van der Waals surface area (Å²) in [5, 5.41) is 0. The first-order valence-electron chi connectivity index (χ1n) is 6.36. The van der Waals surface area contributed by atoms with Crippen molar-refractivity contribution in [3.63, 3.8) is 0 Å². The number of rotatable bonds is 4. The number of hydrogen-bond donors (Lipinski definition) is 1. The summed E-state index contributed by atoms with van der Waals surface area (Å²) >= 11 is 0. The Morgan fingerprint density at radius 1 is 1.25 bits per heavy atom. The van der Waals surface area contributed by atoms with Crippen LogP contribution in [0.4, 0.5) is 0 Å². The molecule has 0 saturated heterocycles. The minimum absolute atomic E-state index is 0.419. The molecule has 2 atom stereocenters. The number of nitrogens with two attached hydrogens (primary N) is 1. The quantitative estimate of drug-likeness (QED) is 0.845. The summed E-state index contributed by atoms with van der Waals surface area (Å²) in [6, 6.07) is 5.95. The van der Waals surface area contributed by atoms with E-state index < -0.39 is 0 Å². The van der Waals surface area contributed by atoms with Gasteiger partial charge >= 0.3 is 0 Å². The largest absolute Gasteiger partial charge is 0.468 e. The molecule has 1 aromatic heterocycles. The van der Waals surface area contributed by atoms with E-state index >= 15 is 0 Å². The van der Waals surface area contributed by atoms with Gasteiger partial charge in [-0.1, -0.05) is 0 Å². The van der Waals surface area contributed by atoms with Gasteiger partial charge in [-0.2, -0.15) is 0 Å². The van der Waals surface area contributed by atoms with E-state index in [1.54, 1.807) is 6.26 Å². The molecule has 0 aromatic carbocycles. The Morgan fingerprint density at radius 2 is 2.06 bits per heavy atom. The molecule has 3 heteroatoms. The molecule has 0 spiro atoms. The lowest BCUT2D eigenvalue weighted by atomic mass is 10.2. The molecule has 0 bridgehead atoms. The molecule has 88 valence electrons. The van der Waals surface area contributed by atoms with Crippen molar-refractivity contribution in [1.29, 1.82) is 0 Å². The summed E-state index contributed by atoms with van der Waals surface area (Å²) in [5.41, 5.74) is 6.01. The van der Waals surface area contributed by atoms with Crippen molar-refractivity contribution in [2.75, 3.05) is 0 Å². The minimum atomic E-state index is 0.419. The van der Waals surface area contributed by atoms with Gasteiger partial charge in [0, 0.05) is 18.1 Å². The van der Waals surface area contributed by atoms with Gasteiger partial charge in [0.15, 0.2) is 0 Å². The van der Waals surface area contributed by atoms with E-state index in [-0.39, 0.29) is 0 Å². The third kappa shape index (κ3) is 2.15. The molecular weight excluding hydrogens is 200 g/mol. The Morgan fingerprint density at radius 3 is 2.62 bits per heavy atom. The Bertz CT molecular complexity index is 332. The van der Waals surface area contributed by atoms with E-state index in [4.69, 9.17) is 10.2 Å². The summed E-state index contributed by atoms with van der Waals surface area (Å²) in [6.07, 6.45) is 8.08. The molecule has 2 aliphatic rings. The van der Waals surface area contributed by atoms with Gasteiger partial charge in [0.25, 0.3) is 0 Å². The fourth-order valence-corrected chi connectivity index (χ4v) is 2.84. The lowest BCUT2D eigenvalue weighted by molar-refractivity contribution is 0.164. The highest BCUT2D eigenvalue weighted by Crippen LogP contribution is 2.35. The van der Waals surface area contributed by atoms with Crippen LogP contribution in [0.15, 0.2) is 22.8 Å². The summed E-state index contributed by atoms with van der Waals surface area (Å²) < 4.78 is 5.46. The van der Waals surface area contributed by atoms with E-state index in [0.717, 1.165) is 24.8 Å². The molecule has 2 aliphatic carbocycles. The molecule has 1 heterocycles. The normalized spacial score (nSPS) is 30.1. The fourth-order valence-electron chi connectivity index (χ4n) is 2.84. The molecule has 0 aliphatic heterocycles. The van der Waals surface area contributed by atoms with E-state index in [1.807, 2.05) is 6.07 Å². The second-order valence-electron chi connectivity index (χ2n) is 5.21. The van der Waals surface area contributed by atoms with Crippen LogP contribution in [0.5, 0.6) is 0 Å². The van der Waals surface area contributed by atoms with Crippen molar-refractivity contribution in [3.8, 4) is 0 Å². The third-order valence-electron chi connectivity index (χ3n) is 3.85. The molecule has 16 heavy (non-hydrogen) atoms. The average molecular weight is 220 g/mol. The van der Waals surface area contributed by atoms with Crippen LogP contribution in [0.3, 0.4) is 0 Å². The van der Waals surface area contributed by atoms with Gasteiger partial charge in [0.1, 0.15) is 5.76 Å². The SMILES string of the molecule is NC1CCC(N(Cc2ccco2)C2CC2)C1. The smallest absolute Gasteiger partial charge is 0.117 e. The molecule has 2 unspecified atom stereocenters. The zero-order valence-corrected chi connectivity index (χ0v) is 9.64. The van der Waals surface area contributed by atoms with Crippen LogP contribution in [-0.2, 0) is 6.54 Å². The highest BCUT2D eigenvalue weighted by Gasteiger charge is 2.37. The first kappa shape index (κ1) is 10.4.